The van der Waals surface area contributed by atoms with Gasteiger partial charge in [0.1, 0.15) is 5.82 Å². The Balaban J connectivity index is 1.44. The second-order valence-electron chi connectivity index (χ2n) is 5.22. The van der Waals surface area contributed by atoms with Crippen molar-refractivity contribution in [2.75, 3.05) is 19.6 Å². The Hall–Kier alpha value is -1.43. The Kier molecular flexibility index (Phi) is 3.27. The smallest absolute Gasteiger partial charge is 0.290 e. The first-order valence-electron chi connectivity index (χ1n) is 6.74. The Morgan fingerprint density at radius 3 is 3.00 bits per heavy atom. The molecule has 18 heavy (non-hydrogen) atoms. The van der Waals surface area contributed by atoms with Crippen molar-refractivity contribution < 1.29 is 4.79 Å². The molecule has 3 rings (SSSR count). The lowest BCUT2D eigenvalue weighted by atomic mass is 10.1. The summed E-state index contributed by atoms with van der Waals surface area (Å²) in [6.07, 6.45) is 4.55. The molecule has 6 heteroatoms. The largest absolute Gasteiger partial charge is 0.349 e. The van der Waals surface area contributed by atoms with Crippen LogP contribution in [0, 0.1) is 5.92 Å². The highest BCUT2D eigenvalue weighted by Gasteiger charge is 2.28. The highest BCUT2D eigenvalue weighted by Crippen LogP contribution is 2.37. The van der Waals surface area contributed by atoms with Gasteiger partial charge >= 0.3 is 0 Å². The minimum absolute atomic E-state index is 0.163. The molecule has 1 amide bonds. The SMILES string of the molecule is O=C(NCCC1CCNC1)c1n[nH]c(C2CC2)n1. The first-order valence-corrected chi connectivity index (χ1v) is 6.74. The summed E-state index contributed by atoms with van der Waals surface area (Å²) in [7, 11) is 0. The number of H-pyrrole nitrogens is 1. The van der Waals surface area contributed by atoms with Crippen LogP contribution in [0.3, 0.4) is 0 Å². The second-order valence-corrected chi connectivity index (χ2v) is 5.22. The van der Waals surface area contributed by atoms with Crippen LogP contribution in [-0.4, -0.2) is 40.7 Å². The van der Waals surface area contributed by atoms with E-state index in [2.05, 4.69) is 25.8 Å². The number of nitrogens with one attached hydrogen (secondary N) is 3. The zero-order chi connectivity index (χ0) is 12.4. The average Bonchev–Trinajstić information content (AvgIpc) is 2.92. The number of aromatic nitrogens is 3. The van der Waals surface area contributed by atoms with Crippen molar-refractivity contribution in [2.24, 2.45) is 5.92 Å². The van der Waals surface area contributed by atoms with Gasteiger partial charge in [-0.3, -0.25) is 9.89 Å². The van der Waals surface area contributed by atoms with Gasteiger partial charge in [-0.05, 0) is 44.7 Å². The number of hydrogen-bond acceptors (Lipinski definition) is 4. The fourth-order valence-electron chi connectivity index (χ4n) is 2.34. The Morgan fingerprint density at radius 2 is 2.28 bits per heavy atom. The zero-order valence-corrected chi connectivity index (χ0v) is 10.4. The van der Waals surface area contributed by atoms with Crippen LogP contribution in [0.15, 0.2) is 0 Å². The summed E-state index contributed by atoms with van der Waals surface area (Å²) in [6, 6.07) is 0. The molecule has 2 heterocycles. The molecule has 2 aliphatic rings. The molecular formula is C12H19N5O. The van der Waals surface area contributed by atoms with Gasteiger partial charge in [-0.1, -0.05) is 0 Å². The number of carbonyl (C=O) groups excluding carboxylic acids is 1. The molecule has 0 radical (unpaired) electrons. The van der Waals surface area contributed by atoms with Crippen molar-refractivity contribution in [3.8, 4) is 0 Å². The van der Waals surface area contributed by atoms with E-state index in [4.69, 9.17) is 0 Å². The van der Waals surface area contributed by atoms with Gasteiger partial charge in [0.15, 0.2) is 0 Å². The molecule has 2 fully saturated rings. The predicted molar refractivity (Wildman–Crippen MR) is 66.3 cm³/mol. The molecule has 1 aromatic rings. The molecule has 98 valence electrons. The monoisotopic (exact) mass is 249 g/mol. The van der Waals surface area contributed by atoms with Crippen LogP contribution in [0.5, 0.6) is 0 Å². The molecule has 1 atom stereocenters. The van der Waals surface area contributed by atoms with Crippen molar-refractivity contribution >= 4 is 5.91 Å². The lowest BCUT2D eigenvalue weighted by molar-refractivity contribution is 0.0941. The Morgan fingerprint density at radius 1 is 1.39 bits per heavy atom. The summed E-state index contributed by atoms with van der Waals surface area (Å²) in [5, 5.41) is 13.0. The highest BCUT2D eigenvalue weighted by molar-refractivity contribution is 5.90. The Labute approximate surface area is 106 Å². The number of nitrogens with zero attached hydrogens (tertiary/aromatic N) is 2. The van der Waals surface area contributed by atoms with Crippen molar-refractivity contribution in [1.29, 1.82) is 0 Å². The van der Waals surface area contributed by atoms with Gasteiger partial charge in [-0.2, -0.15) is 0 Å². The van der Waals surface area contributed by atoms with Crippen LogP contribution >= 0.6 is 0 Å². The summed E-state index contributed by atoms with van der Waals surface area (Å²) in [4.78, 5) is 16.0. The van der Waals surface area contributed by atoms with Crippen LogP contribution in [0.2, 0.25) is 0 Å². The average molecular weight is 249 g/mol. The number of aromatic amines is 1. The Bertz CT molecular complexity index is 420. The minimum atomic E-state index is -0.163. The van der Waals surface area contributed by atoms with E-state index < -0.39 is 0 Å². The first kappa shape index (κ1) is 11.6. The molecule has 1 aliphatic heterocycles. The molecule has 1 saturated heterocycles. The van der Waals surface area contributed by atoms with Crippen LogP contribution in [0.25, 0.3) is 0 Å². The maximum Gasteiger partial charge on any atom is 0.290 e. The van der Waals surface area contributed by atoms with E-state index in [1.807, 2.05) is 0 Å². The number of hydrogen-bond donors (Lipinski definition) is 3. The minimum Gasteiger partial charge on any atom is -0.349 e. The fraction of sp³-hybridized carbons (Fsp3) is 0.750. The van der Waals surface area contributed by atoms with Crippen molar-refractivity contribution in [1.82, 2.24) is 25.8 Å². The molecule has 0 bridgehead atoms. The van der Waals surface area contributed by atoms with E-state index in [1.165, 1.54) is 6.42 Å². The lowest BCUT2D eigenvalue weighted by Crippen LogP contribution is -2.27. The summed E-state index contributed by atoms with van der Waals surface area (Å²) in [5.74, 6) is 2.17. The molecule has 1 aliphatic carbocycles. The van der Waals surface area contributed by atoms with Gasteiger partial charge in [0, 0.05) is 12.5 Å². The lowest BCUT2D eigenvalue weighted by Gasteiger charge is -2.07. The third kappa shape index (κ3) is 2.69. The zero-order valence-electron chi connectivity index (χ0n) is 10.4. The van der Waals surface area contributed by atoms with E-state index in [9.17, 15) is 4.79 Å². The van der Waals surface area contributed by atoms with Gasteiger partial charge in [0.05, 0.1) is 0 Å². The van der Waals surface area contributed by atoms with Gasteiger partial charge < -0.3 is 10.6 Å². The quantitative estimate of drug-likeness (QED) is 0.706. The third-order valence-corrected chi connectivity index (χ3v) is 3.67. The molecule has 6 nitrogen and oxygen atoms in total. The topological polar surface area (TPSA) is 82.7 Å². The molecule has 1 unspecified atom stereocenters. The van der Waals surface area contributed by atoms with E-state index in [0.29, 0.717) is 18.4 Å². The summed E-state index contributed by atoms with van der Waals surface area (Å²) >= 11 is 0. The van der Waals surface area contributed by atoms with E-state index in [1.54, 1.807) is 0 Å². The van der Waals surface area contributed by atoms with Crippen LogP contribution in [-0.2, 0) is 0 Å². The number of amides is 1. The van der Waals surface area contributed by atoms with E-state index >= 15 is 0 Å². The molecule has 1 aromatic heterocycles. The van der Waals surface area contributed by atoms with E-state index in [0.717, 1.165) is 38.2 Å². The van der Waals surface area contributed by atoms with Gasteiger partial charge in [0.25, 0.3) is 5.91 Å². The number of rotatable bonds is 5. The van der Waals surface area contributed by atoms with Crippen molar-refractivity contribution in [3.05, 3.63) is 11.6 Å². The van der Waals surface area contributed by atoms with Crippen molar-refractivity contribution in [2.45, 2.75) is 31.6 Å². The fourth-order valence-corrected chi connectivity index (χ4v) is 2.34. The molecule has 3 N–H and O–H groups in total. The molecular weight excluding hydrogens is 230 g/mol. The maximum atomic E-state index is 11.8. The number of carbonyl (C=O) groups is 1. The van der Waals surface area contributed by atoms with E-state index in [-0.39, 0.29) is 11.7 Å². The van der Waals surface area contributed by atoms with Crippen LogP contribution in [0.4, 0.5) is 0 Å². The van der Waals surface area contributed by atoms with Gasteiger partial charge in [-0.25, -0.2) is 4.98 Å². The van der Waals surface area contributed by atoms with Gasteiger partial charge in [0.2, 0.25) is 5.82 Å². The van der Waals surface area contributed by atoms with Gasteiger partial charge in [-0.15, -0.1) is 5.10 Å². The molecule has 0 aromatic carbocycles. The van der Waals surface area contributed by atoms with Crippen LogP contribution < -0.4 is 10.6 Å². The highest BCUT2D eigenvalue weighted by atomic mass is 16.2. The summed E-state index contributed by atoms with van der Waals surface area (Å²) < 4.78 is 0. The molecule has 1 saturated carbocycles. The first-order chi connectivity index (χ1) is 8.83. The normalized spacial score (nSPS) is 23.2. The summed E-state index contributed by atoms with van der Waals surface area (Å²) in [6.45, 7) is 2.88. The predicted octanol–water partition coefficient (Wildman–Crippen LogP) is 0.411. The standard InChI is InChI=1S/C12H19N5O/c18-12(14-6-4-8-3-5-13-7-8)11-15-10(16-17-11)9-1-2-9/h8-9,13H,1-7H2,(H,14,18)(H,15,16,17). The summed E-state index contributed by atoms with van der Waals surface area (Å²) in [5.41, 5.74) is 0. The van der Waals surface area contributed by atoms with Crippen molar-refractivity contribution in [3.63, 3.8) is 0 Å². The second kappa shape index (κ2) is 5.06. The third-order valence-electron chi connectivity index (χ3n) is 3.67. The maximum absolute atomic E-state index is 11.8. The van der Waals surface area contributed by atoms with Crippen LogP contribution in [0.1, 0.15) is 48.0 Å². The molecule has 0 spiro atoms.